The van der Waals surface area contributed by atoms with Crippen molar-refractivity contribution in [2.75, 3.05) is 0 Å². The highest BCUT2D eigenvalue weighted by Gasteiger charge is 2.22. The minimum Gasteiger partial charge on any atom is -0.508 e. The van der Waals surface area contributed by atoms with E-state index in [4.69, 9.17) is 0 Å². The van der Waals surface area contributed by atoms with Crippen LogP contribution in [0, 0.1) is 6.92 Å². The molecular formula is C21H23NO. The van der Waals surface area contributed by atoms with Crippen LogP contribution in [0.15, 0.2) is 36.4 Å². The second-order valence-electron chi connectivity index (χ2n) is 6.57. The van der Waals surface area contributed by atoms with E-state index in [-0.39, 0.29) is 0 Å². The number of phenolic OH excluding ortho intramolecular Hbond substituents is 1. The molecule has 118 valence electrons. The normalized spacial score (nSPS) is 14.2. The zero-order chi connectivity index (χ0) is 16.0. The SMILES string of the molecule is CCc1c2c(c(C)n1-c1cccc3ccc(O)cc13)CCCC2. The first kappa shape index (κ1) is 14.4. The monoisotopic (exact) mass is 305 g/mol. The van der Waals surface area contributed by atoms with Gasteiger partial charge < -0.3 is 9.67 Å². The molecule has 1 heterocycles. The maximum Gasteiger partial charge on any atom is 0.116 e. The summed E-state index contributed by atoms with van der Waals surface area (Å²) in [6.45, 7) is 4.51. The van der Waals surface area contributed by atoms with Crippen molar-refractivity contribution in [3.63, 3.8) is 0 Å². The molecule has 0 aliphatic heterocycles. The Hall–Kier alpha value is -2.22. The zero-order valence-electron chi connectivity index (χ0n) is 13.9. The van der Waals surface area contributed by atoms with Crippen molar-refractivity contribution < 1.29 is 5.11 Å². The van der Waals surface area contributed by atoms with Crippen LogP contribution < -0.4 is 0 Å². The summed E-state index contributed by atoms with van der Waals surface area (Å²) in [7, 11) is 0. The minimum atomic E-state index is 0.331. The van der Waals surface area contributed by atoms with E-state index in [9.17, 15) is 5.11 Å². The molecule has 2 aromatic carbocycles. The fourth-order valence-electron chi connectivity index (χ4n) is 4.23. The summed E-state index contributed by atoms with van der Waals surface area (Å²) >= 11 is 0. The van der Waals surface area contributed by atoms with Crippen LogP contribution in [0.5, 0.6) is 5.75 Å². The molecule has 0 amide bonds. The van der Waals surface area contributed by atoms with E-state index >= 15 is 0 Å². The number of benzene rings is 2. The van der Waals surface area contributed by atoms with Gasteiger partial charge in [0.15, 0.2) is 0 Å². The topological polar surface area (TPSA) is 25.2 Å². The molecule has 3 aromatic rings. The maximum absolute atomic E-state index is 9.95. The molecule has 0 unspecified atom stereocenters. The number of nitrogens with zero attached hydrogens (tertiary/aromatic N) is 1. The van der Waals surface area contributed by atoms with Gasteiger partial charge >= 0.3 is 0 Å². The molecular weight excluding hydrogens is 282 g/mol. The summed E-state index contributed by atoms with van der Waals surface area (Å²) in [6, 6.07) is 12.1. The van der Waals surface area contributed by atoms with Crippen molar-refractivity contribution in [1.82, 2.24) is 4.57 Å². The van der Waals surface area contributed by atoms with Crippen molar-refractivity contribution >= 4 is 10.8 Å². The van der Waals surface area contributed by atoms with Crippen molar-refractivity contribution in [3.8, 4) is 11.4 Å². The van der Waals surface area contributed by atoms with Crippen molar-refractivity contribution in [2.45, 2.75) is 46.0 Å². The van der Waals surface area contributed by atoms with Crippen LogP contribution in [0.25, 0.3) is 16.5 Å². The Morgan fingerprint density at radius 1 is 1.04 bits per heavy atom. The Balaban J connectivity index is 2.05. The molecule has 1 N–H and O–H groups in total. The number of hydrogen-bond acceptors (Lipinski definition) is 1. The molecule has 1 aliphatic rings. The summed E-state index contributed by atoms with van der Waals surface area (Å²) in [6.07, 6.45) is 6.07. The van der Waals surface area contributed by atoms with E-state index in [2.05, 4.69) is 36.6 Å². The van der Waals surface area contributed by atoms with E-state index < -0.39 is 0 Å². The van der Waals surface area contributed by atoms with Crippen LogP contribution in [-0.2, 0) is 19.3 Å². The van der Waals surface area contributed by atoms with E-state index in [0.29, 0.717) is 5.75 Å². The van der Waals surface area contributed by atoms with E-state index in [1.54, 1.807) is 17.2 Å². The van der Waals surface area contributed by atoms with Gasteiger partial charge in [-0.05, 0) is 73.7 Å². The number of hydrogen-bond donors (Lipinski definition) is 1. The van der Waals surface area contributed by atoms with Crippen LogP contribution in [0.4, 0.5) is 0 Å². The highest BCUT2D eigenvalue weighted by Crippen LogP contribution is 2.35. The predicted octanol–water partition coefficient (Wildman–Crippen LogP) is 5.09. The molecule has 0 saturated carbocycles. The van der Waals surface area contributed by atoms with Crippen LogP contribution in [0.2, 0.25) is 0 Å². The first-order valence-corrected chi connectivity index (χ1v) is 8.64. The molecule has 1 aliphatic carbocycles. The molecule has 23 heavy (non-hydrogen) atoms. The largest absolute Gasteiger partial charge is 0.508 e. The zero-order valence-corrected chi connectivity index (χ0v) is 13.9. The molecule has 0 spiro atoms. The summed E-state index contributed by atoms with van der Waals surface area (Å²) in [5.41, 5.74) is 7.17. The number of aromatic hydroxyl groups is 1. The molecule has 0 atom stereocenters. The lowest BCUT2D eigenvalue weighted by Gasteiger charge is -2.15. The lowest BCUT2D eigenvalue weighted by atomic mass is 9.92. The third kappa shape index (κ3) is 2.16. The Bertz CT molecular complexity index is 888. The lowest BCUT2D eigenvalue weighted by molar-refractivity contribution is 0.476. The Morgan fingerprint density at radius 2 is 1.83 bits per heavy atom. The van der Waals surface area contributed by atoms with Crippen molar-refractivity contribution in [2.24, 2.45) is 0 Å². The Kier molecular flexibility index (Phi) is 3.41. The fraction of sp³-hybridized carbons (Fsp3) is 0.333. The van der Waals surface area contributed by atoms with Gasteiger partial charge in [-0.25, -0.2) is 0 Å². The maximum atomic E-state index is 9.95. The highest BCUT2D eigenvalue weighted by molar-refractivity contribution is 5.91. The third-order valence-corrected chi connectivity index (χ3v) is 5.28. The molecule has 1 aromatic heterocycles. The lowest BCUT2D eigenvalue weighted by Crippen LogP contribution is -2.04. The van der Waals surface area contributed by atoms with E-state index in [1.807, 2.05) is 12.1 Å². The van der Waals surface area contributed by atoms with Gasteiger partial charge in [-0.1, -0.05) is 25.1 Å². The van der Waals surface area contributed by atoms with Gasteiger partial charge in [0, 0.05) is 16.8 Å². The van der Waals surface area contributed by atoms with Crippen molar-refractivity contribution in [1.29, 1.82) is 0 Å². The van der Waals surface area contributed by atoms with Gasteiger partial charge in [0.2, 0.25) is 0 Å². The van der Waals surface area contributed by atoms with Crippen LogP contribution in [-0.4, -0.2) is 9.67 Å². The van der Waals surface area contributed by atoms with Gasteiger partial charge in [-0.2, -0.15) is 0 Å². The molecule has 2 nitrogen and oxygen atoms in total. The minimum absolute atomic E-state index is 0.331. The molecule has 0 radical (unpaired) electrons. The Morgan fingerprint density at radius 3 is 2.61 bits per heavy atom. The van der Waals surface area contributed by atoms with Gasteiger partial charge in [-0.3, -0.25) is 0 Å². The van der Waals surface area contributed by atoms with Crippen molar-refractivity contribution in [3.05, 3.63) is 58.9 Å². The molecule has 0 saturated heterocycles. The summed E-state index contributed by atoms with van der Waals surface area (Å²) in [4.78, 5) is 0. The summed E-state index contributed by atoms with van der Waals surface area (Å²) in [5, 5.41) is 12.2. The summed E-state index contributed by atoms with van der Waals surface area (Å²) < 4.78 is 2.44. The third-order valence-electron chi connectivity index (χ3n) is 5.28. The quantitative estimate of drug-likeness (QED) is 0.701. The molecule has 0 bridgehead atoms. The Labute approximate surface area is 137 Å². The van der Waals surface area contributed by atoms with Gasteiger partial charge in [0.05, 0.1) is 5.69 Å². The number of phenols is 1. The molecule has 2 heteroatoms. The van der Waals surface area contributed by atoms with Gasteiger partial charge in [-0.15, -0.1) is 0 Å². The summed E-state index contributed by atoms with van der Waals surface area (Å²) in [5.74, 6) is 0.331. The number of fused-ring (bicyclic) bond motifs is 2. The van der Waals surface area contributed by atoms with Crippen LogP contribution >= 0.6 is 0 Å². The highest BCUT2D eigenvalue weighted by atomic mass is 16.3. The average Bonchev–Trinajstić information content (AvgIpc) is 2.87. The van der Waals surface area contributed by atoms with Gasteiger partial charge in [0.1, 0.15) is 5.75 Å². The predicted molar refractivity (Wildman–Crippen MR) is 95.7 cm³/mol. The second kappa shape index (κ2) is 5.45. The van der Waals surface area contributed by atoms with E-state index in [0.717, 1.165) is 11.8 Å². The first-order chi connectivity index (χ1) is 11.2. The standard InChI is InChI=1S/C21H23NO/c1-3-20-18-9-5-4-8-17(18)14(2)22(20)21-10-6-7-15-11-12-16(23)13-19(15)21/h6-7,10-13,23H,3-5,8-9H2,1-2H3. The van der Waals surface area contributed by atoms with E-state index in [1.165, 1.54) is 48.1 Å². The molecule has 4 rings (SSSR count). The molecule has 0 fully saturated rings. The van der Waals surface area contributed by atoms with Gasteiger partial charge in [0.25, 0.3) is 0 Å². The number of aromatic nitrogens is 1. The smallest absolute Gasteiger partial charge is 0.116 e. The fourth-order valence-corrected chi connectivity index (χ4v) is 4.23. The second-order valence-corrected chi connectivity index (χ2v) is 6.57. The average molecular weight is 305 g/mol. The van der Waals surface area contributed by atoms with Crippen LogP contribution in [0.1, 0.15) is 42.3 Å². The number of rotatable bonds is 2. The van der Waals surface area contributed by atoms with Crippen LogP contribution in [0.3, 0.4) is 0 Å². The first-order valence-electron chi connectivity index (χ1n) is 8.64.